The van der Waals surface area contributed by atoms with Crippen LogP contribution in [0, 0.1) is 0 Å². The van der Waals surface area contributed by atoms with Crippen LogP contribution in [-0.4, -0.2) is 54.7 Å². The molecule has 8 heteroatoms. The molecule has 3 N–H and O–H groups in total. The van der Waals surface area contributed by atoms with Crippen molar-refractivity contribution in [2.75, 3.05) is 31.3 Å². The van der Waals surface area contributed by atoms with Gasteiger partial charge in [-0.1, -0.05) is 12.1 Å². The predicted octanol–water partition coefficient (Wildman–Crippen LogP) is 0.201. The lowest BCUT2D eigenvalue weighted by Gasteiger charge is -2.30. The van der Waals surface area contributed by atoms with Crippen molar-refractivity contribution in [3.05, 3.63) is 29.8 Å². The number of benzene rings is 1. The van der Waals surface area contributed by atoms with E-state index in [9.17, 15) is 14.4 Å². The van der Waals surface area contributed by atoms with Crippen LogP contribution in [-0.2, 0) is 24.9 Å². The number of thioether (sulfide) groups is 1. The summed E-state index contributed by atoms with van der Waals surface area (Å²) in [4.78, 5) is 36.6. The average molecular weight is 337 g/mol. The van der Waals surface area contributed by atoms with Crippen molar-refractivity contribution in [1.82, 2.24) is 4.90 Å². The Kier molecular flexibility index (Phi) is 6.00. The van der Waals surface area contributed by atoms with Gasteiger partial charge in [0.1, 0.15) is 0 Å². The molecule has 1 aromatic carbocycles. The highest BCUT2D eigenvalue weighted by atomic mass is 32.2. The Bertz CT molecular complexity index is 591. The van der Waals surface area contributed by atoms with E-state index in [1.165, 1.54) is 4.90 Å². The Hall–Kier alpha value is -2.06. The number of nitrogens with zero attached hydrogens (tertiary/aromatic N) is 1. The summed E-state index contributed by atoms with van der Waals surface area (Å²) in [5, 5.41) is 2.56. The SMILES string of the molecule is CSCc1ccc(NC(=O)C(=O)N2CCO[C@H](C(N)=O)C2)cc1. The molecule has 23 heavy (non-hydrogen) atoms. The number of hydrogen-bond donors (Lipinski definition) is 2. The fourth-order valence-electron chi connectivity index (χ4n) is 2.19. The van der Waals surface area contributed by atoms with Crippen LogP contribution in [0.5, 0.6) is 0 Å². The molecule has 1 aliphatic heterocycles. The molecule has 1 heterocycles. The van der Waals surface area contributed by atoms with E-state index in [0.29, 0.717) is 5.69 Å². The summed E-state index contributed by atoms with van der Waals surface area (Å²) in [6.45, 7) is 0.424. The first-order valence-electron chi connectivity index (χ1n) is 7.10. The first-order chi connectivity index (χ1) is 11.0. The van der Waals surface area contributed by atoms with E-state index in [4.69, 9.17) is 10.5 Å². The summed E-state index contributed by atoms with van der Waals surface area (Å²) < 4.78 is 5.15. The molecule has 1 saturated heterocycles. The van der Waals surface area contributed by atoms with Crippen LogP contribution < -0.4 is 11.1 Å². The number of ether oxygens (including phenoxy) is 1. The maximum atomic E-state index is 12.1. The molecule has 0 unspecified atom stereocenters. The Balaban J connectivity index is 1.94. The maximum Gasteiger partial charge on any atom is 0.313 e. The predicted molar refractivity (Wildman–Crippen MR) is 87.8 cm³/mol. The van der Waals surface area contributed by atoms with Gasteiger partial charge in [-0.05, 0) is 24.0 Å². The fourth-order valence-corrected chi connectivity index (χ4v) is 2.71. The van der Waals surface area contributed by atoms with Crippen molar-refractivity contribution < 1.29 is 19.1 Å². The van der Waals surface area contributed by atoms with Gasteiger partial charge in [0.05, 0.1) is 13.2 Å². The van der Waals surface area contributed by atoms with E-state index in [2.05, 4.69) is 5.32 Å². The number of carbonyl (C=O) groups excluding carboxylic acids is 3. The third-order valence-corrected chi connectivity index (χ3v) is 4.01. The van der Waals surface area contributed by atoms with Crippen molar-refractivity contribution in [2.24, 2.45) is 5.73 Å². The van der Waals surface area contributed by atoms with E-state index in [0.717, 1.165) is 11.3 Å². The summed E-state index contributed by atoms with van der Waals surface area (Å²) >= 11 is 1.70. The van der Waals surface area contributed by atoms with Gasteiger partial charge in [-0.25, -0.2) is 0 Å². The van der Waals surface area contributed by atoms with E-state index < -0.39 is 23.8 Å². The molecule has 124 valence electrons. The molecule has 2 rings (SSSR count). The lowest BCUT2D eigenvalue weighted by Crippen LogP contribution is -2.52. The van der Waals surface area contributed by atoms with Crippen LogP contribution in [0.25, 0.3) is 0 Å². The van der Waals surface area contributed by atoms with Gasteiger partial charge in [0.2, 0.25) is 5.91 Å². The molecule has 0 aromatic heterocycles. The third-order valence-electron chi connectivity index (χ3n) is 3.39. The summed E-state index contributed by atoms with van der Waals surface area (Å²) in [6, 6.07) is 7.30. The number of rotatable bonds is 4. The molecule has 1 aromatic rings. The number of carbonyl (C=O) groups is 3. The summed E-state index contributed by atoms with van der Waals surface area (Å²) in [5.41, 5.74) is 6.85. The number of anilines is 1. The molecule has 1 fully saturated rings. The molecule has 0 saturated carbocycles. The van der Waals surface area contributed by atoms with E-state index >= 15 is 0 Å². The maximum absolute atomic E-state index is 12.1. The second-order valence-electron chi connectivity index (χ2n) is 5.10. The van der Waals surface area contributed by atoms with Crippen LogP contribution >= 0.6 is 11.8 Å². The zero-order valence-corrected chi connectivity index (χ0v) is 13.6. The van der Waals surface area contributed by atoms with Crippen molar-refractivity contribution in [3.8, 4) is 0 Å². The molecule has 1 atom stereocenters. The van der Waals surface area contributed by atoms with Gasteiger partial charge in [0.25, 0.3) is 0 Å². The number of nitrogens with two attached hydrogens (primary N) is 1. The normalized spacial score (nSPS) is 17.6. The average Bonchev–Trinajstić information content (AvgIpc) is 2.56. The van der Waals surface area contributed by atoms with Gasteiger partial charge in [0, 0.05) is 18.0 Å². The first-order valence-corrected chi connectivity index (χ1v) is 8.49. The number of primary amides is 1. The summed E-state index contributed by atoms with van der Waals surface area (Å²) in [6.07, 6.45) is 1.14. The van der Waals surface area contributed by atoms with Gasteiger partial charge in [-0.3, -0.25) is 14.4 Å². The molecule has 3 amide bonds. The zero-order chi connectivity index (χ0) is 16.8. The zero-order valence-electron chi connectivity index (χ0n) is 12.8. The van der Waals surface area contributed by atoms with E-state index in [1.807, 2.05) is 18.4 Å². The monoisotopic (exact) mass is 337 g/mol. The second kappa shape index (κ2) is 7.98. The third kappa shape index (κ3) is 4.70. The van der Waals surface area contributed by atoms with Crippen LogP contribution in [0.4, 0.5) is 5.69 Å². The van der Waals surface area contributed by atoms with E-state index in [1.54, 1.807) is 23.9 Å². The first kappa shape index (κ1) is 17.3. The quantitative estimate of drug-likeness (QED) is 0.764. The topological polar surface area (TPSA) is 102 Å². The number of amides is 3. The highest BCUT2D eigenvalue weighted by Gasteiger charge is 2.30. The van der Waals surface area contributed by atoms with Crippen LogP contribution in [0.3, 0.4) is 0 Å². The fraction of sp³-hybridized carbons (Fsp3) is 0.400. The molecule has 0 radical (unpaired) electrons. The Morgan fingerprint density at radius 1 is 1.35 bits per heavy atom. The van der Waals surface area contributed by atoms with Crippen molar-refractivity contribution in [1.29, 1.82) is 0 Å². The van der Waals surface area contributed by atoms with Gasteiger partial charge >= 0.3 is 11.8 Å². The van der Waals surface area contributed by atoms with Crippen LogP contribution in [0.1, 0.15) is 5.56 Å². The van der Waals surface area contributed by atoms with Gasteiger partial charge in [-0.2, -0.15) is 11.8 Å². The standard InChI is InChI=1S/C15H19N3O4S/c1-23-9-10-2-4-11(5-3-10)17-14(20)15(21)18-6-7-22-12(8-18)13(16)19/h2-5,12H,6-9H2,1H3,(H2,16,19)(H,17,20)/t12-/m0/s1. The molecule has 0 bridgehead atoms. The highest BCUT2D eigenvalue weighted by molar-refractivity contribution is 7.97. The number of hydrogen-bond acceptors (Lipinski definition) is 5. The van der Waals surface area contributed by atoms with Crippen LogP contribution in [0.2, 0.25) is 0 Å². The molecular formula is C15H19N3O4S. The minimum atomic E-state index is -0.869. The molecule has 1 aliphatic rings. The Labute approximate surface area is 138 Å². The van der Waals surface area contributed by atoms with Gasteiger partial charge < -0.3 is 20.7 Å². The smallest absolute Gasteiger partial charge is 0.313 e. The van der Waals surface area contributed by atoms with Gasteiger partial charge in [0.15, 0.2) is 6.10 Å². The minimum Gasteiger partial charge on any atom is -0.367 e. The molecule has 7 nitrogen and oxygen atoms in total. The second-order valence-corrected chi connectivity index (χ2v) is 5.96. The molecule has 0 spiro atoms. The number of morpholine rings is 1. The van der Waals surface area contributed by atoms with E-state index in [-0.39, 0.29) is 19.7 Å². The van der Waals surface area contributed by atoms with Crippen molar-refractivity contribution >= 4 is 35.2 Å². The summed E-state index contributed by atoms with van der Waals surface area (Å²) in [7, 11) is 0. The summed E-state index contributed by atoms with van der Waals surface area (Å²) in [5.74, 6) is -1.21. The Morgan fingerprint density at radius 3 is 2.65 bits per heavy atom. The Morgan fingerprint density at radius 2 is 2.04 bits per heavy atom. The largest absolute Gasteiger partial charge is 0.367 e. The highest BCUT2D eigenvalue weighted by Crippen LogP contribution is 2.14. The minimum absolute atomic E-state index is 0.00571. The lowest BCUT2D eigenvalue weighted by atomic mass is 10.2. The van der Waals surface area contributed by atoms with Gasteiger partial charge in [-0.15, -0.1) is 0 Å². The number of nitrogens with one attached hydrogen (secondary N) is 1. The lowest BCUT2D eigenvalue weighted by molar-refractivity contribution is -0.151. The molecule has 0 aliphatic carbocycles. The van der Waals surface area contributed by atoms with Crippen LogP contribution in [0.15, 0.2) is 24.3 Å². The van der Waals surface area contributed by atoms with Crippen molar-refractivity contribution in [2.45, 2.75) is 11.9 Å². The van der Waals surface area contributed by atoms with Crippen molar-refractivity contribution in [3.63, 3.8) is 0 Å². The molecular weight excluding hydrogens is 318 g/mol.